The first-order valence-electron chi connectivity index (χ1n) is 30.1. The molecule has 0 saturated carbocycles. The third-order valence-corrected chi connectivity index (χ3v) is 13.3. The van der Waals surface area contributed by atoms with Gasteiger partial charge in [-0.1, -0.05) is 262 Å². The van der Waals surface area contributed by atoms with Crippen LogP contribution < -0.4 is 0 Å². The molecule has 0 spiro atoms. The van der Waals surface area contributed by atoms with Crippen LogP contribution in [0.4, 0.5) is 0 Å². The van der Waals surface area contributed by atoms with Crippen molar-refractivity contribution < 1.29 is 28.6 Å². The van der Waals surface area contributed by atoms with Gasteiger partial charge in [0.25, 0.3) is 0 Å². The van der Waals surface area contributed by atoms with E-state index in [0.29, 0.717) is 19.3 Å². The molecule has 0 N–H and O–H groups in total. The third-order valence-electron chi connectivity index (χ3n) is 13.3. The maximum Gasteiger partial charge on any atom is 0.306 e. The molecule has 0 radical (unpaired) electrons. The van der Waals surface area contributed by atoms with Gasteiger partial charge in [0.05, 0.1) is 0 Å². The molecule has 69 heavy (non-hydrogen) atoms. The lowest BCUT2D eigenvalue weighted by molar-refractivity contribution is -0.167. The molecule has 0 unspecified atom stereocenters. The second-order valence-corrected chi connectivity index (χ2v) is 20.3. The molecule has 0 amide bonds. The molecule has 0 heterocycles. The number of carbonyl (C=O) groups is 3. The fourth-order valence-electron chi connectivity index (χ4n) is 8.74. The molecular weight excluding hydrogens is 853 g/mol. The van der Waals surface area contributed by atoms with E-state index in [1.807, 2.05) is 0 Å². The van der Waals surface area contributed by atoms with Gasteiger partial charge in [-0.05, 0) is 83.5 Å². The third kappa shape index (κ3) is 56.2. The number of esters is 3. The van der Waals surface area contributed by atoms with Crippen LogP contribution in [0.1, 0.15) is 316 Å². The van der Waals surface area contributed by atoms with E-state index in [1.165, 1.54) is 205 Å². The predicted molar refractivity (Wildman–Crippen MR) is 298 cm³/mol. The van der Waals surface area contributed by atoms with Crippen LogP contribution in [0, 0.1) is 0 Å². The highest BCUT2D eigenvalue weighted by molar-refractivity contribution is 5.71. The van der Waals surface area contributed by atoms with Crippen molar-refractivity contribution >= 4 is 17.9 Å². The van der Waals surface area contributed by atoms with Crippen molar-refractivity contribution in [1.29, 1.82) is 0 Å². The highest BCUT2D eigenvalue weighted by atomic mass is 16.6. The molecule has 0 bridgehead atoms. The van der Waals surface area contributed by atoms with Crippen LogP contribution in [0.3, 0.4) is 0 Å². The summed E-state index contributed by atoms with van der Waals surface area (Å²) in [6, 6.07) is 0. The molecule has 0 aromatic heterocycles. The van der Waals surface area contributed by atoms with Gasteiger partial charge in [-0.3, -0.25) is 14.4 Å². The second-order valence-electron chi connectivity index (χ2n) is 20.3. The summed E-state index contributed by atoms with van der Waals surface area (Å²) in [5, 5.41) is 0. The lowest BCUT2D eigenvalue weighted by Crippen LogP contribution is -2.30. The van der Waals surface area contributed by atoms with Gasteiger partial charge in [0, 0.05) is 19.3 Å². The van der Waals surface area contributed by atoms with Gasteiger partial charge >= 0.3 is 17.9 Å². The second kappa shape index (κ2) is 57.9. The van der Waals surface area contributed by atoms with Crippen LogP contribution in [0.2, 0.25) is 0 Å². The summed E-state index contributed by atoms with van der Waals surface area (Å²) >= 11 is 0. The van der Waals surface area contributed by atoms with Crippen LogP contribution in [0.25, 0.3) is 0 Å². The number of allylic oxidation sites excluding steroid dienone is 8. The first-order valence-corrected chi connectivity index (χ1v) is 30.1. The molecular formula is C63H114O6. The largest absolute Gasteiger partial charge is 0.462 e. The summed E-state index contributed by atoms with van der Waals surface area (Å²) in [7, 11) is 0. The van der Waals surface area contributed by atoms with E-state index in [9.17, 15) is 14.4 Å². The first kappa shape index (κ1) is 66.4. The Balaban J connectivity index is 4.37. The van der Waals surface area contributed by atoms with Gasteiger partial charge in [0.2, 0.25) is 0 Å². The Kier molecular flexibility index (Phi) is 55.7. The summed E-state index contributed by atoms with van der Waals surface area (Å²) < 4.78 is 16.9. The first-order chi connectivity index (χ1) is 34.0. The van der Waals surface area contributed by atoms with E-state index in [2.05, 4.69) is 69.4 Å². The lowest BCUT2D eigenvalue weighted by Gasteiger charge is -2.18. The fraction of sp³-hybridized carbons (Fsp3) is 0.825. The van der Waals surface area contributed by atoms with Crippen molar-refractivity contribution in [3.05, 3.63) is 48.6 Å². The highest BCUT2D eigenvalue weighted by Gasteiger charge is 2.19. The zero-order chi connectivity index (χ0) is 50.0. The summed E-state index contributed by atoms with van der Waals surface area (Å²) in [5.41, 5.74) is 0. The molecule has 0 saturated heterocycles. The molecule has 0 fully saturated rings. The predicted octanol–water partition coefficient (Wildman–Crippen LogP) is 20.2. The van der Waals surface area contributed by atoms with Gasteiger partial charge in [-0.15, -0.1) is 0 Å². The average Bonchev–Trinajstić information content (AvgIpc) is 3.35. The Morgan fingerprint density at radius 2 is 0.522 bits per heavy atom. The van der Waals surface area contributed by atoms with Crippen molar-refractivity contribution in [2.75, 3.05) is 13.2 Å². The maximum absolute atomic E-state index is 12.9. The lowest BCUT2D eigenvalue weighted by atomic mass is 10.0. The van der Waals surface area contributed by atoms with Crippen LogP contribution in [0.5, 0.6) is 0 Å². The molecule has 402 valence electrons. The Hall–Kier alpha value is -2.63. The molecule has 0 aromatic carbocycles. The normalized spacial score (nSPS) is 12.3. The van der Waals surface area contributed by atoms with E-state index < -0.39 is 6.10 Å². The van der Waals surface area contributed by atoms with Crippen LogP contribution in [-0.4, -0.2) is 37.2 Å². The highest BCUT2D eigenvalue weighted by Crippen LogP contribution is 2.16. The standard InChI is InChI=1S/C63H114O6/c1-4-7-10-13-16-19-22-25-28-29-30-31-32-33-36-39-42-45-48-51-54-57-63(66)69-60(58-67-61(64)55-52-49-46-43-40-37-34-26-23-20-17-14-11-8-5-2)59-68-62(65)56-53-50-47-44-41-38-35-27-24-21-18-15-12-9-6-3/h17,20,25-26,28,34,40,43,60H,4-16,18-19,21-24,27,29-33,35-39,41-42,44-59H2,1-3H3/b20-17-,28-25-,34-26-,43-40-/t60-/m1/s1. The zero-order valence-corrected chi connectivity index (χ0v) is 46.1. The number of rotatable bonds is 55. The minimum Gasteiger partial charge on any atom is -0.462 e. The van der Waals surface area contributed by atoms with E-state index in [-0.39, 0.29) is 31.1 Å². The number of ether oxygens (including phenoxy) is 3. The van der Waals surface area contributed by atoms with Gasteiger partial charge in [0.15, 0.2) is 6.10 Å². The van der Waals surface area contributed by atoms with Gasteiger partial charge in [-0.2, -0.15) is 0 Å². The Morgan fingerprint density at radius 3 is 0.884 bits per heavy atom. The SMILES string of the molecule is CCCCC/C=C\C/C=C\C/C=C\CCCCC(=O)OC[C@H](COC(=O)CCCCCCCCCCCCCCCCC)OC(=O)CCCCCCCCCCCCC/C=C\CCCCCCCC. The number of hydrogen-bond donors (Lipinski definition) is 0. The number of carbonyl (C=O) groups excluding carboxylic acids is 3. The fourth-order valence-corrected chi connectivity index (χ4v) is 8.74. The molecule has 6 heteroatoms. The molecule has 0 aliphatic heterocycles. The van der Waals surface area contributed by atoms with Crippen molar-refractivity contribution in [1.82, 2.24) is 0 Å². The minimum absolute atomic E-state index is 0.0819. The summed E-state index contributed by atoms with van der Waals surface area (Å²) in [6.07, 6.45) is 71.1. The minimum atomic E-state index is -0.787. The van der Waals surface area contributed by atoms with E-state index >= 15 is 0 Å². The van der Waals surface area contributed by atoms with Crippen molar-refractivity contribution in [2.24, 2.45) is 0 Å². The van der Waals surface area contributed by atoms with Gasteiger partial charge < -0.3 is 14.2 Å². The number of hydrogen-bond acceptors (Lipinski definition) is 6. The monoisotopic (exact) mass is 967 g/mol. The van der Waals surface area contributed by atoms with Crippen molar-refractivity contribution in [3.8, 4) is 0 Å². The molecule has 1 atom stereocenters. The molecule has 0 aromatic rings. The van der Waals surface area contributed by atoms with E-state index in [0.717, 1.165) is 70.6 Å². The average molecular weight is 968 g/mol. The summed E-state index contributed by atoms with van der Waals surface area (Å²) in [6.45, 7) is 6.62. The van der Waals surface area contributed by atoms with Crippen LogP contribution in [0.15, 0.2) is 48.6 Å². The molecule has 6 nitrogen and oxygen atoms in total. The Labute approximate surface area is 428 Å². The van der Waals surface area contributed by atoms with Crippen LogP contribution in [-0.2, 0) is 28.6 Å². The topological polar surface area (TPSA) is 78.9 Å². The van der Waals surface area contributed by atoms with Crippen LogP contribution >= 0.6 is 0 Å². The maximum atomic E-state index is 12.9. The summed E-state index contributed by atoms with van der Waals surface area (Å²) in [5.74, 6) is -0.906. The van der Waals surface area contributed by atoms with Gasteiger partial charge in [-0.25, -0.2) is 0 Å². The van der Waals surface area contributed by atoms with Gasteiger partial charge in [0.1, 0.15) is 13.2 Å². The molecule has 0 aliphatic rings. The quantitative estimate of drug-likeness (QED) is 0.0262. The smallest absolute Gasteiger partial charge is 0.306 e. The zero-order valence-electron chi connectivity index (χ0n) is 46.1. The molecule has 0 rings (SSSR count). The Bertz CT molecular complexity index is 1200. The Morgan fingerprint density at radius 1 is 0.290 bits per heavy atom. The summed E-state index contributed by atoms with van der Waals surface area (Å²) in [4.78, 5) is 38.2. The van der Waals surface area contributed by atoms with E-state index in [1.54, 1.807) is 0 Å². The number of unbranched alkanes of at least 4 members (excludes halogenated alkanes) is 36. The molecule has 0 aliphatic carbocycles. The van der Waals surface area contributed by atoms with Crippen molar-refractivity contribution in [3.63, 3.8) is 0 Å². The van der Waals surface area contributed by atoms with E-state index in [4.69, 9.17) is 14.2 Å². The van der Waals surface area contributed by atoms with Crippen molar-refractivity contribution in [2.45, 2.75) is 322 Å².